The predicted molar refractivity (Wildman–Crippen MR) is 204 cm³/mol. The van der Waals surface area contributed by atoms with E-state index in [9.17, 15) is 0 Å². The van der Waals surface area contributed by atoms with Gasteiger partial charge in [0.1, 0.15) is 22.3 Å². The third-order valence-corrected chi connectivity index (χ3v) is 9.89. The van der Waals surface area contributed by atoms with Crippen molar-refractivity contribution in [1.82, 2.24) is 0 Å². The van der Waals surface area contributed by atoms with Crippen LogP contribution in [-0.2, 0) is 0 Å². The van der Waals surface area contributed by atoms with Crippen LogP contribution in [0.3, 0.4) is 0 Å². The van der Waals surface area contributed by atoms with Gasteiger partial charge in [0.05, 0.1) is 11.1 Å². The number of para-hydroxylation sites is 2. The number of nitrogens with zero attached hydrogens (tertiary/aromatic N) is 1. The fourth-order valence-corrected chi connectivity index (χ4v) is 7.60. The third-order valence-electron chi connectivity index (χ3n) is 9.89. The number of hydrogen-bond donors (Lipinski definition) is 0. The van der Waals surface area contributed by atoms with Gasteiger partial charge in [-0.1, -0.05) is 103 Å². The second-order valence-electron chi connectivity index (χ2n) is 12.8. The zero-order chi connectivity index (χ0) is 32.3. The average Bonchev–Trinajstić information content (AvgIpc) is 3.75. The van der Waals surface area contributed by atoms with Crippen molar-refractivity contribution in [3.8, 4) is 22.3 Å². The number of benzene rings is 7. The molecule has 0 spiro atoms. The molecule has 0 atom stereocenters. The van der Waals surface area contributed by atoms with E-state index >= 15 is 0 Å². The van der Waals surface area contributed by atoms with E-state index in [0.29, 0.717) is 0 Å². The van der Waals surface area contributed by atoms with Gasteiger partial charge in [-0.05, 0) is 107 Å². The largest absolute Gasteiger partial charge is 0.456 e. The highest BCUT2D eigenvalue weighted by Gasteiger charge is 2.21. The molecule has 0 N–H and O–H groups in total. The monoisotopic (exact) mass is 629 g/mol. The molecule has 10 rings (SSSR count). The van der Waals surface area contributed by atoms with Crippen molar-refractivity contribution >= 4 is 66.0 Å². The lowest BCUT2D eigenvalue weighted by Gasteiger charge is -2.30. The Morgan fingerprint density at radius 3 is 1.88 bits per heavy atom. The lowest BCUT2D eigenvalue weighted by Crippen LogP contribution is -2.17. The number of furan rings is 2. The maximum Gasteiger partial charge on any atom is 0.137 e. The summed E-state index contributed by atoms with van der Waals surface area (Å²) in [6, 6.07) is 51.9. The molecule has 232 valence electrons. The lowest BCUT2D eigenvalue weighted by atomic mass is 9.95. The number of rotatable bonds is 5. The number of fused-ring (bicyclic) bond motifs is 8. The fraction of sp³-hybridized carbons (Fsp3) is 0.0435. The minimum Gasteiger partial charge on any atom is -0.456 e. The summed E-state index contributed by atoms with van der Waals surface area (Å²) >= 11 is 0. The standard InChI is InChI=1S/C46H31NO2/c1-2-14-35(15-3-1)47(40-19-10-22-43-46(40)38-18-5-7-21-42(38)48-43)36-16-9-13-33(28-36)31-11-8-12-32(27-31)34-24-23-30-25-26-44-45(39(30)29-34)37-17-4-6-20-41(37)49-44/h1-2,4-14,16-29H,3,15H2. The summed E-state index contributed by atoms with van der Waals surface area (Å²) in [5, 5.41) is 7.00. The van der Waals surface area contributed by atoms with Crippen molar-refractivity contribution in [3.05, 3.63) is 170 Å². The second-order valence-corrected chi connectivity index (χ2v) is 12.8. The van der Waals surface area contributed by atoms with Crippen molar-refractivity contribution in [1.29, 1.82) is 0 Å². The van der Waals surface area contributed by atoms with Gasteiger partial charge in [-0.2, -0.15) is 0 Å². The highest BCUT2D eigenvalue weighted by atomic mass is 16.3. The molecule has 0 saturated heterocycles. The van der Waals surface area contributed by atoms with Gasteiger partial charge in [-0.15, -0.1) is 0 Å². The molecule has 0 unspecified atom stereocenters. The van der Waals surface area contributed by atoms with Crippen LogP contribution in [-0.4, -0.2) is 0 Å². The molecule has 7 aromatic carbocycles. The Morgan fingerprint density at radius 1 is 0.469 bits per heavy atom. The van der Waals surface area contributed by atoms with E-state index in [-0.39, 0.29) is 0 Å². The van der Waals surface area contributed by atoms with Gasteiger partial charge < -0.3 is 13.7 Å². The zero-order valence-corrected chi connectivity index (χ0v) is 26.8. The number of hydrogen-bond acceptors (Lipinski definition) is 3. The topological polar surface area (TPSA) is 29.5 Å². The van der Waals surface area contributed by atoms with Crippen molar-refractivity contribution in [2.24, 2.45) is 0 Å². The summed E-state index contributed by atoms with van der Waals surface area (Å²) < 4.78 is 12.5. The maximum atomic E-state index is 6.32. The molecule has 2 heterocycles. The molecule has 2 aromatic heterocycles. The van der Waals surface area contributed by atoms with Crippen LogP contribution in [0.2, 0.25) is 0 Å². The summed E-state index contributed by atoms with van der Waals surface area (Å²) in [4.78, 5) is 2.42. The van der Waals surface area contributed by atoms with Gasteiger partial charge in [0.15, 0.2) is 0 Å². The Labute approximate surface area is 283 Å². The second kappa shape index (κ2) is 11.1. The van der Waals surface area contributed by atoms with Gasteiger partial charge in [0.2, 0.25) is 0 Å². The molecular formula is C46H31NO2. The first kappa shape index (κ1) is 27.8. The van der Waals surface area contributed by atoms with E-state index in [1.807, 2.05) is 18.2 Å². The molecule has 3 heteroatoms. The number of allylic oxidation sites excluding steroid dienone is 4. The SMILES string of the molecule is C1=CCCC(N(c2cccc(-c3cccc(-c4ccc5ccc6oc7ccccc7c6c5c4)c3)c2)c2cccc3oc4ccccc4c23)=C1. The Balaban J connectivity index is 1.10. The van der Waals surface area contributed by atoms with E-state index in [0.717, 1.165) is 62.7 Å². The van der Waals surface area contributed by atoms with Crippen LogP contribution in [0.4, 0.5) is 11.4 Å². The van der Waals surface area contributed by atoms with Crippen molar-refractivity contribution < 1.29 is 8.83 Å². The van der Waals surface area contributed by atoms with E-state index in [4.69, 9.17) is 8.83 Å². The summed E-state index contributed by atoms with van der Waals surface area (Å²) in [5.41, 5.74) is 11.9. The van der Waals surface area contributed by atoms with Gasteiger partial charge in [-0.3, -0.25) is 0 Å². The van der Waals surface area contributed by atoms with Crippen molar-refractivity contribution in [3.63, 3.8) is 0 Å². The van der Waals surface area contributed by atoms with Gasteiger partial charge in [0.25, 0.3) is 0 Å². The molecule has 1 aliphatic carbocycles. The molecule has 0 saturated carbocycles. The highest BCUT2D eigenvalue weighted by molar-refractivity contribution is 6.19. The molecule has 9 aromatic rings. The Morgan fingerprint density at radius 2 is 1.10 bits per heavy atom. The molecule has 0 bridgehead atoms. The van der Waals surface area contributed by atoms with Crippen LogP contribution in [0.25, 0.3) is 76.9 Å². The average molecular weight is 630 g/mol. The molecule has 0 fully saturated rings. The van der Waals surface area contributed by atoms with Crippen LogP contribution in [0.5, 0.6) is 0 Å². The molecule has 0 aliphatic heterocycles. The first-order valence-corrected chi connectivity index (χ1v) is 16.9. The van der Waals surface area contributed by atoms with E-state index in [1.165, 1.54) is 44.1 Å². The maximum absolute atomic E-state index is 6.32. The van der Waals surface area contributed by atoms with E-state index in [2.05, 4.69) is 151 Å². The normalized spacial score (nSPS) is 13.2. The molecule has 1 aliphatic rings. The van der Waals surface area contributed by atoms with Gasteiger partial charge >= 0.3 is 0 Å². The van der Waals surface area contributed by atoms with E-state index in [1.54, 1.807) is 0 Å². The zero-order valence-electron chi connectivity index (χ0n) is 26.8. The summed E-state index contributed by atoms with van der Waals surface area (Å²) in [7, 11) is 0. The fourth-order valence-electron chi connectivity index (χ4n) is 7.60. The minimum atomic E-state index is 0.899. The first-order chi connectivity index (χ1) is 24.3. The molecule has 0 radical (unpaired) electrons. The Bertz CT molecular complexity index is 2790. The Hall–Kier alpha value is -6.32. The van der Waals surface area contributed by atoms with E-state index < -0.39 is 0 Å². The predicted octanol–water partition coefficient (Wildman–Crippen LogP) is 13.3. The minimum absolute atomic E-state index is 0.899. The smallest absolute Gasteiger partial charge is 0.137 e. The van der Waals surface area contributed by atoms with Crippen molar-refractivity contribution in [2.75, 3.05) is 4.90 Å². The van der Waals surface area contributed by atoms with Crippen LogP contribution < -0.4 is 4.90 Å². The molecule has 3 nitrogen and oxygen atoms in total. The lowest BCUT2D eigenvalue weighted by molar-refractivity contribution is 0.668. The summed E-state index contributed by atoms with van der Waals surface area (Å²) in [6.45, 7) is 0. The first-order valence-electron chi connectivity index (χ1n) is 16.9. The van der Waals surface area contributed by atoms with Crippen molar-refractivity contribution in [2.45, 2.75) is 12.8 Å². The molecule has 0 amide bonds. The summed E-state index contributed by atoms with van der Waals surface area (Å²) in [6.07, 6.45) is 8.64. The van der Waals surface area contributed by atoms with Crippen LogP contribution in [0, 0.1) is 0 Å². The van der Waals surface area contributed by atoms with Crippen LogP contribution in [0.1, 0.15) is 12.8 Å². The van der Waals surface area contributed by atoms with Crippen LogP contribution >= 0.6 is 0 Å². The quantitative estimate of drug-likeness (QED) is 0.190. The van der Waals surface area contributed by atoms with Gasteiger partial charge in [-0.25, -0.2) is 0 Å². The highest BCUT2D eigenvalue weighted by Crippen LogP contribution is 2.43. The summed E-state index contributed by atoms with van der Waals surface area (Å²) in [5.74, 6) is 0. The van der Waals surface area contributed by atoms with Gasteiger partial charge in [0, 0.05) is 27.5 Å². The molecular weight excluding hydrogens is 599 g/mol. The van der Waals surface area contributed by atoms with Crippen LogP contribution in [0.15, 0.2) is 178 Å². The number of anilines is 2. The molecule has 49 heavy (non-hydrogen) atoms. The third kappa shape index (κ3) is 4.58. The Kier molecular flexibility index (Phi) is 6.31.